The van der Waals surface area contributed by atoms with E-state index in [2.05, 4.69) is 22.2 Å². The zero-order chi connectivity index (χ0) is 23.8. The standard InChI is InChI=1S/C27H24FN3O3/c1-2-16-33-23-10-6-19(7-11-23)18-30-27(32)20-8-12-24(13-9-20)34-25-14-15-29-26(31-25)21-4-3-5-22(28)17-21/h3-15,17H,2,16,18H2,1H3,(H,30,32). The van der Waals surface area contributed by atoms with Gasteiger partial charge >= 0.3 is 0 Å². The molecular formula is C27H24FN3O3. The van der Waals surface area contributed by atoms with Gasteiger partial charge in [-0.15, -0.1) is 0 Å². The van der Waals surface area contributed by atoms with E-state index >= 15 is 0 Å². The molecule has 3 aromatic carbocycles. The van der Waals surface area contributed by atoms with Gasteiger partial charge in [-0.25, -0.2) is 9.37 Å². The first-order valence-corrected chi connectivity index (χ1v) is 11.0. The Kier molecular flexibility index (Phi) is 7.45. The molecule has 0 aliphatic carbocycles. The van der Waals surface area contributed by atoms with Crippen molar-refractivity contribution in [2.45, 2.75) is 19.9 Å². The van der Waals surface area contributed by atoms with Gasteiger partial charge in [0.1, 0.15) is 17.3 Å². The highest BCUT2D eigenvalue weighted by atomic mass is 19.1. The summed E-state index contributed by atoms with van der Waals surface area (Å²) in [6.45, 7) is 3.15. The predicted octanol–water partition coefficient (Wildman–Crippen LogP) is 5.79. The fourth-order valence-corrected chi connectivity index (χ4v) is 3.17. The third kappa shape index (κ3) is 6.16. The second-order valence-corrected chi connectivity index (χ2v) is 7.53. The van der Waals surface area contributed by atoms with Crippen LogP contribution >= 0.6 is 0 Å². The first-order chi connectivity index (χ1) is 16.6. The number of nitrogens with zero attached hydrogens (tertiary/aromatic N) is 2. The molecule has 0 unspecified atom stereocenters. The third-order valence-electron chi connectivity index (χ3n) is 4.90. The van der Waals surface area contributed by atoms with Gasteiger partial charge in [0, 0.05) is 29.9 Å². The van der Waals surface area contributed by atoms with Crippen LogP contribution in [0.15, 0.2) is 85.1 Å². The number of carbonyl (C=O) groups excluding carboxylic acids is 1. The summed E-state index contributed by atoms with van der Waals surface area (Å²) in [5, 5.41) is 2.91. The minimum absolute atomic E-state index is 0.187. The van der Waals surface area contributed by atoms with Gasteiger partial charge in [0.2, 0.25) is 5.88 Å². The number of hydrogen-bond donors (Lipinski definition) is 1. The second-order valence-electron chi connectivity index (χ2n) is 7.53. The molecule has 4 rings (SSSR count). The molecule has 1 N–H and O–H groups in total. The summed E-state index contributed by atoms with van der Waals surface area (Å²) in [7, 11) is 0. The maximum absolute atomic E-state index is 13.5. The van der Waals surface area contributed by atoms with Gasteiger partial charge in [-0.1, -0.05) is 31.2 Å². The number of amides is 1. The number of carbonyl (C=O) groups is 1. The highest BCUT2D eigenvalue weighted by Gasteiger charge is 2.08. The summed E-state index contributed by atoms with van der Waals surface area (Å²) in [5.74, 6) is 1.46. The largest absolute Gasteiger partial charge is 0.494 e. The minimum atomic E-state index is -0.362. The van der Waals surface area contributed by atoms with Crippen LogP contribution in [0.5, 0.6) is 17.4 Å². The Morgan fingerprint density at radius 2 is 1.74 bits per heavy atom. The van der Waals surface area contributed by atoms with Gasteiger partial charge in [-0.2, -0.15) is 4.98 Å². The molecule has 0 aliphatic rings. The van der Waals surface area contributed by atoms with E-state index in [-0.39, 0.29) is 11.7 Å². The number of hydrogen-bond acceptors (Lipinski definition) is 5. The Bertz CT molecular complexity index is 1240. The summed E-state index contributed by atoms with van der Waals surface area (Å²) in [6.07, 6.45) is 2.50. The van der Waals surface area contributed by atoms with Crippen molar-refractivity contribution < 1.29 is 18.7 Å². The summed E-state index contributed by atoms with van der Waals surface area (Å²) in [4.78, 5) is 21.0. The van der Waals surface area contributed by atoms with Crippen molar-refractivity contribution in [1.29, 1.82) is 0 Å². The highest BCUT2D eigenvalue weighted by Crippen LogP contribution is 2.23. The third-order valence-corrected chi connectivity index (χ3v) is 4.90. The number of benzene rings is 3. The maximum Gasteiger partial charge on any atom is 0.251 e. The van der Waals surface area contributed by atoms with E-state index in [0.29, 0.717) is 41.7 Å². The number of halogens is 1. The number of nitrogens with one attached hydrogen (secondary N) is 1. The molecular weight excluding hydrogens is 433 g/mol. The van der Waals surface area contributed by atoms with Crippen LogP contribution in [0.2, 0.25) is 0 Å². The smallest absolute Gasteiger partial charge is 0.251 e. The SMILES string of the molecule is CCCOc1ccc(CNC(=O)c2ccc(Oc3ccnc(-c4cccc(F)c4)n3)cc2)cc1. The van der Waals surface area contributed by atoms with Gasteiger partial charge < -0.3 is 14.8 Å². The molecule has 7 heteroatoms. The van der Waals surface area contributed by atoms with E-state index in [1.807, 2.05) is 24.3 Å². The van der Waals surface area contributed by atoms with Crippen LogP contribution in [-0.4, -0.2) is 22.5 Å². The molecule has 1 heterocycles. The Morgan fingerprint density at radius 1 is 0.971 bits per heavy atom. The first kappa shape index (κ1) is 22.9. The normalized spacial score (nSPS) is 10.5. The Morgan fingerprint density at radius 3 is 2.47 bits per heavy atom. The lowest BCUT2D eigenvalue weighted by atomic mass is 10.2. The average molecular weight is 458 g/mol. The Labute approximate surface area is 197 Å². The van der Waals surface area contributed by atoms with Crippen LogP contribution in [0.4, 0.5) is 4.39 Å². The molecule has 0 radical (unpaired) electrons. The summed E-state index contributed by atoms with van der Waals surface area (Å²) in [5.41, 5.74) is 2.05. The van der Waals surface area contributed by atoms with Crippen molar-refractivity contribution in [2.24, 2.45) is 0 Å². The van der Waals surface area contributed by atoms with Crippen molar-refractivity contribution in [1.82, 2.24) is 15.3 Å². The zero-order valence-corrected chi connectivity index (χ0v) is 18.7. The van der Waals surface area contributed by atoms with E-state index in [1.54, 1.807) is 48.7 Å². The molecule has 0 atom stereocenters. The number of aromatic nitrogens is 2. The minimum Gasteiger partial charge on any atom is -0.494 e. The van der Waals surface area contributed by atoms with Crippen molar-refractivity contribution in [3.8, 4) is 28.8 Å². The molecule has 4 aromatic rings. The van der Waals surface area contributed by atoms with Gasteiger partial charge in [-0.05, 0) is 60.5 Å². The Balaban J connectivity index is 1.34. The van der Waals surface area contributed by atoms with Gasteiger partial charge in [-0.3, -0.25) is 4.79 Å². The van der Waals surface area contributed by atoms with Gasteiger partial charge in [0.25, 0.3) is 5.91 Å². The van der Waals surface area contributed by atoms with E-state index in [9.17, 15) is 9.18 Å². The Hall–Kier alpha value is -4.26. The van der Waals surface area contributed by atoms with Crippen molar-refractivity contribution >= 4 is 5.91 Å². The van der Waals surface area contributed by atoms with E-state index in [4.69, 9.17) is 9.47 Å². The molecule has 0 bridgehead atoms. The number of rotatable bonds is 9. The highest BCUT2D eigenvalue weighted by molar-refractivity contribution is 5.94. The monoisotopic (exact) mass is 457 g/mol. The van der Waals surface area contributed by atoms with Crippen LogP contribution in [0.25, 0.3) is 11.4 Å². The fourth-order valence-electron chi connectivity index (χ4n) is 3.17. The van der Waals surface area contributed by atoms with Crippen molar-refractivity contribution in [3.05, 3.63) is 102 Å². The van der Waals surface area contributed by atoms with Gasteiger partial charge in [0.05, 0.1) is 6.61 Å². The van der Waals surface area contributed by atoms with Crippen molar-refractivity contribution in [3.63, 3.8) is 0 Å². The van der Waals surface area contributed by atoms with Crippen LogP contribution in [0, 0.1) is 5.82 Å². The van der Waals surface area contributed by atoms with E-state index in [0.717, 1.165) is 17.7 Å². The molecule has 0 fully saturated rings. The molecule has 0 aliphatic heterocycles. The summed E-state index contributed by atoms with van der Waals surface area (Å²) >= 11 is 0. The lowest BCUT2D eigenvalue weighted by molar-refractivity contribution is 0.0951. The molecule has 6 nitrogen and oxygen atoms in total. The quantitative estimate of drug-likeness (QED) is 0.344. The summed E-state index contributed by atoms with van der Waals surface area (Å²) in [6, 6.07) is 22.1. The maximum atomic E-state index is 13.5. The van der Waals surface area contributed by atoms with Gasteiger partial charge in [0.15, 0.2) is 5.82 Å². The lowest BCUT2D eigenvalue weighted by Crippen LogP contribution is -2.22. The molecule has 1 amide bonds. The zero-order valence-electron chi connectivity index (χ0n) is 18.7. The molecule has 34 heavy (non-hydrogen) atoms. The molecule has 0 saturated heterocycles. The summed E-state index contributed by atoms with van der Waals surface area (Å²) < 4.78 is 24.8. The van der Waals surface area contributed by atoms with Crippen LogP contribution in [0.1, 0.15) is 29.3 Å². The number of ether oxygens (including phenoxy) is 2. The van der Waals surface area contributed by atoms with E-state index < -0.39 is 0 Å². The van der Waals surface area contributed by atoms with Crippen molar-refractivity contribution in [2.75, 3.05) is 6.61 Å². The first-order valence-electron chi connectivity index (χ1n) is 11.0. The second kappa shape index (κ2) is 11.0. The fraction of sp³-hybridized carbons (Fsp3) is 0.148. The predicted molar refractivity (Wildman–Crippen MR) is 127 cm³/mol. The lowest BCUT2D eigenvalue weighted by Gasteiger charge is -2.09. The molecule has 0 spiro atoms. The molecule has 0 saturated carbocycles. The molecule has 172 valence electrons. The topological polar surface area (TPSA) is 73.3 Å². The van der Waals surface area contributed by atoms with Crippen LogP contribution in [-0.2, 0) is 6.54 Å². The van der Waals surface area contributed by atoms with Crippen LogP contribution in [0.3, 0.4) is 0 Å². The molecule has 1 aromatic heterocycles. The average Bonchev–Trinajstić information content (AvgIpc) is 2.87. The van der Waals surface area contributed by atoms with Crippen LogP contribution < -0.4 is 14.8 Å². The van der Waals surface area contributed by atoms with E-state index in [1.165, 1.54) is 12.1 Å².